The highest BCUT2D eigenvalue weighted by atomic mass is 35.5. The molecule has 0 bridgehead atoms. The molecule has 8 nitrogen and oxygen atoms in total. The summed E-state index contributed by atoms with van der Waals surface area (Å²) in [6, 6.07) is 3.25. The smallest absolute Gasteiger partial charge is 0.354 e. The lowest BCUT2D eigenvalue weighted by Gasteiger charge is -2.29. The van der Waals surface area contributed by atoms with Crippen LogP contribution in [0.25, 0.3) is 0 Å². The first-order chi connectivity index (χ1) is 13.2. The Morgan fingerprint density at radius 3 is 2.54 bits per heavy atom. The molecule has 28 heavy (non-hydrogen) atoms. The first kappa shape index (κ1) is 20.3. The van der Waals surface area contributed by atoms with Crippen LogP contribution in [0.3, 0.4) is 0 Å². The van der Waals surface area contributed by atoms with E-state index in [1.54, 1.807) is 4.90 Å². The molecular formula is C16H17ClF3N7O. The number of nitrogens with one attached hydrogen (secondary N) is 1. The predicted octanol–water partition coefficient (Wildman–Crippen LogP) is 1.34. The SMILES string of the molecule is NN(N)c1ncc(Cl)cc1C(=O)c1nc(N2CCNCC2)ccc1C(F)(F)F. The van der Waals surface area contributed by atoms with Gasteiger partial charge in [0.25, 0.3) is 0 Å². The molecule has 3 heterocycles. The molecule has 1 aliphatic rings. The van der Waals surface area contributed by atoms with Crippen LogP contribution in [0.1, 0.15) is 21.6 Å². The highest BCUT2D eigenvalue weighted by Gasteiger charge is 2.37. The van der Waals surface area contributed by atoms with Crippen molar-refractivity contribution in [3.8, 4) is 0 Å². The van der Waals surface area contributed by atoms with Crippen molar-refractivity contribution in [2.75, 3.05) is 36.2 Å². The maximum absolute atomic E-state index is 13.5. The number of hydrogen-bond donors (Lipinski definition) is 3. The highest BCUT2D eigenvalue weighted by molar-refractivity contribution is 6.31. The second-order valence-corrected chi connectivity index (χ2v) is 6.50. The van der Waals surface area contributed by atoms with Crippen molar-refractivity contribution in [1.82, 2.24) is 15.3 Å². The molecule has 1 fully saturated rings. The van der Waals surface area contributed by atoms with Crippen LogP contribution in [0, 0.1) is 0 Å². The number of ketones is 1. The fourth-order valence-corrected chi connectivity index (χ4v) is 3.01. The zero-order valence-corrected chi connectivity index (χ0v) is 15.3. The summed E-state index contributed by atoms with van der Waals surface area (Å²) in [6.45, 7) is 2.41. The fraction of sp³-hybridized carbons (Fsp3) is 0.312. The van der Waals surface area contributed by atoms with Crippen molar-refractivity contribution in [2.45, 2.75) is 6.18 Å². The van der Waals surface area contributed by atoms with E-state index in [0.29, 0.717) is 31.3 Å². The highest BCUT2D eigenvalue weighted by Crippen LogP contribution is 2.34. The monoisotopic (exact) mass is 415 g/mol. The Kier molecular flexibility index (Phi) is 5.70. The third-order valence-corrected chi connectivity index (χ3v) is 4.37. The van der Waals surface area contributed by atoms with Crippen LogP contribution in [0.2, 0.25) is 5.02 Å². The molecule has 5 N–H and O–H groups in total. The second-order valence-electron chi connectivity index (χ2n) is 6.06. The third kappa shape index (κ3) is 4.17. The number of nitrogens with zero attached hydrogens (tertiary/aromatic N) is 4. The number of piperazine rings is 1. The van der Waals surface area contributed by atoms with Gasteiger partial charge in [0.15, 0.2) is 5.82 Å². The first-order valence-electron chi connectivity index (χ1n) is 8.22. The van der Waals surface area contributed by atoms with Crippen LogP contribution in [-0.4, -0.2) is 41.9 Å². The van der Waals surface area contributed by atoms with Crippen molar-refractivity contribution in [2.24, 2.45) is 11.7 Å². The van der Waals surface area contributed by atoms with E-state index in [1.165, 1.54) is 12.3 Å². The Bertz CT molecular complexity index is 885. The summed E-state index contributed by atoms with van der Waals surface area (Å²) < 4.78 is 40.6. The number of rotatable bonds is 4. The van der Waals surface area contributed by atoms with Crippen molar-refractivity contribution < 1.29 is 18.0 Å². The van der Waals surface area contributed by atoms with E-state index in [0.717, 1.165) is 12.1 Å². The third-order valence-electron chi connectivity index (χ3n) is 4.16. The molecule has 1 saturated heterocycles. The van der Waals surface area contributed by atoms with Crippen molar-refractivity contribution in [3.05, 3.63) is 46.2 Å². The molecule has 2 aromatic rings. The van der Waals surface area contributed by atoms with Gasteiger partial charge in [-0.2, -0.15) is 13.2 Å². The lowest BCUT2D eigenvalue weighted by atomic mass is 10.0. The van der Waals surface area contributed by atoms with Gasteiger partial charge < -0.3 is 10.2 Å². The van der Waals surface area contributed by atoms with E-state index in [-0.39, 0.29) is 22.2 Å². The minimum Gasteiger partial charge on any atom is -0.354 e. The fourth-order valence-electron chi connectivity index (χ4n) is 2.85. The maximum Gasteiger partial charge on any atom is 0.418 e. The molecule has 0 aliphatic carbocycles. The topological polar surface area (TPSA) is 113 Å². The van der Waals surface area contributed by atoms with Gasteiger partial charge in [-0.15, -0.1) is 0 Å². The number of alkyl halides is 3. The summed E-state index contributed by atoms with van der Waals surface area (Å²) in [5.74, 6) is 9.91. The minimum atomic E-state index is -4.78. The molecule has 0 saturated carbocycles. The normalized spacial score (nSPS) is 14.9. The molecule has 0 unspecified atom stereocenters. The quantitative estimate of drug-likeness (QED) is 0.389. The Morgan fingerprint density at radius 2 is 1.93 bits per heavy atom. The molecule has 0 atom stereocenters. The number of carbonyl (C=O) groups is 1. The average molecular weight is 416 g/mol. The van der Waals surface area contributed by atoms with Gasteiger partial charge in [-0.05, 0) is 18.2 Å². The summed E-state index contributed by atoms with van der Waals surface area (Å²) in [5.41, 5.74) is -2.22. The van der Waals surface area contributed by atoms with Gasteiger partial charge >= 0.3 is 6.18 Å². The van der Waals surface area contributed by atoms with Gasteiger partial charge in [0.1, 0.15) is 11.5 Å². The number of hydrogen-bond acceptors (Lipinski definition) is 8. The van der Waals surface area contributed by atoms with Crippen LogP contribution in [-0.2, 0) is 6.18 Å². The number of pyridine rings is 2. The predicted molar refractivity (Wildman–Crippen MR) is 97.9 cm³/mol. The Hall–Kier alpha value is -2.47. The van der Waals surface area contributed by atoms with E-state index in [4.69, 9.17) is 23.3 Å². The molecule has 12 heteroatoms. The van der Waals surface area contributed by atoms with Gasteiger partial charge in [0, 0.05) is 32.4 Å². The van der Waals surface area contributed by atoms with Gasteiger partial charge in [-0.1, -0.05) is 11.6 Å². The van der Waals surface area contributed by atoms with Crippen LogP contribution in [0.15, 0.2) is 24.4 Å². The van der Waals surface area contributed by atoms with E-state index in [2.05, 4.69) is 15.3 Å². The van der Waals surface area contributed by atoms with Crippen molar-refractivity contribution in [1.29, 1.82) is 0 Å². The van der Waals surface area contributed by atoms with Crippen LogP contribution in [0.5, 0.6) is 0 Å². The van der Waals surface area contributed by atoms with E-state index >= 15 is 0 Å². The molecule has 0 radical (unpaired) electrons. The lowest BCUT2D eigenvalue weighted by molar-refractivity contribution is -0.138. The molecule has 0 aromatic carbocycles. The molecule has 1 aliphatic heterocycles. The lowest BCUT2D eigenvalue weighted by Crippen LogP contribution is -2.44. The molecule has 150 valence electrons. The first-order valence-corrected chi connectivity index (χ1v) is 8.60. The van der Waals surface area contributed by atoms with Crippen LogP contribution in [0.4, 0.5) is 24.8 Å². The molecule has 0 spiro atoms. The standard InChI is InChI=1S/C16H17ClF3N7O/c17-9-7-10(15(24-8-9)27(21)22)14(28)13-11(16(18,19)20)1-2-12(25-13)26-5-3-23-4-6-26/h1-2,7-8,23H,3-6,21-22H2. The zero-order valence-electron chi connectivity index (χ0n) is 14.5. The Morgan fingerprint density at radius 1 is 1.25 bits per heavy atom. The molecule has 3 rings (SSSR count). The van der Waals surface area contributed by atoms with Crippen molar-refractivity contribution >= 4 is 29.0 Å². The van der Waals surface area contributed by atoms with Crippen LogP contribution < -0.4 is 27.0 Å². The van der Waals surface area contributed by atoms with Gasteiger partial charge in [-0.25, -0.2) is 26.8 Å². The number of nitrogens with two attached hydrogens (primary N) is 2. The number of aromatic nitrogens is 2. The number of carbonyl (C=O) groups excluding carboxylic acids is 1. The largest absolute Gasteiger partial charge is 0.418 e. The van der Waals surface area contributed by atoms with Gasteiger partial charge in [0.05, 0.1) is 16.1 Å². The number of hydrazine groups is 2. The Labute approximate surface area is 163 Å². The zero-order chi connectivity index (χ0) is 20.5. The van der Waals surface area contributed by atoms with E-state index in [9.17, 15) is 18.0 Å². The summed E-state index contributed by atoms with van der Waals surface area (Å²) in [4.78, 5) is 22.6. The van der Waals surface area contributed by atoms with E-state index < -0.39 is 23.2 Å². The average Bonchev–Trinajstić information content (AvgIpc) is 2.66. The van der Waals surface area contributed by atoms with Crippen molar-refractivity contribution in [3.63, 3.8) is 0 Å². The summed E-state index contributed by atoms with van der Waals surface area (Å²) >= 11 is 5.86. The Balaban J connectivity index is 2.13. The maximum atomic E-state index is 13.5. The molecule has 2 aromatic heterocycles. The summed E-state index contributed by atoms with van der Waals surface area (Å²) in [5, 5.41) is 3.72. The van der Waals surface area contributed by atoms with Gasteiger partial charge in [0.2, 0.25) is 5.78 Å². The summed E-state index contributed by atoms with van der Waals surface area (Å²) in [7, 11) is 0. The van der Waals surface area contributed by atoms with Crippen LogP contribution >= 0.6 is 11.6 Å². The molecular weight excluding hydrogens is 399 g/mol. The minimum absolute atomic E-state index is 0.0424. The van der Waals surface area contributed by atoms with Gasteiger partial charge in [-0.3, -0.25) is 4.79 Å². The number of anilines is 2. The molecule has 0 amide bonds. The summed E-state index contributed by atoms with van der Waals surface area (Å²) in [6.07, 6.45) is -3.60. The van der Waals surface area contributed by atoms with E-state index in [1.807, 2.05) is 0 Å². The number of halogens is 4. The second kappa shape index (κ2) is 7.87.